The highest BCUT2D eigenvalue weighted by Gasteiger charge is 2.37. The monoisotopic (exact) mass is 954 g/mol. The molecular formula is C41H58N14O13. The van der Waals surface area contributed by atoms with Crippen molar-refractivity contribution in [2.24, 2.45) is 33.8 Å². The average molecular weight is 955 g/mol. The van der Waals surface area contributed by atoms with Crippen LogP contribution in [0.25, 0.3) is 10.9 Å². The highest BCUT2D eigenvalue weighted by Crippen LogP contribution is 2.19. The van der Waals surface area contributed by atoms with Crippen LogP contribution in [0, 0.1) is 5.92 Å². The molecule has 8 atom stereocenters. The van der Waals surface area contributed by atoms with Gasteiger partial charge >= 0.3 is 17.9 Å². The first-order valence-corrected chi connectivity index (χ1v) is 21.2. The second-order valence-corrected chi connectivity index (χ2v) is 15.8. The number of imidazole rings is 1. The minimum atomic E-state index is -1.95. The number of carbonyl (C=O) groups excluding carboxylic acids is 7. The maximum Gasteiger partial charge on any atom is 0.326 e. The lowest BCUT2D eigenvalue weighted by Crippen LogP contribution is -2.61. The first-order chi connectivity index (χ1) is 32.1. The van der Waals surface area contributed by atoms with Gasteiger partial charge in [0, 0.05) is 42.0 Å². The smallest absolute Gasteiger partial charge is 0.326 e. The van der Waals surface area contributed by atoms with E-state index in [2.05, 4.69) is 51.8 Å². The van der Waals surface area contributed by atoms with Crippen molar-refractivity contribution in [3.05, 3.63) is 54.2 Å². The van der Waals surface area contributed by atoms with Crippen LogP contribution in [0.1, 0.15) is 63.6 Å². The number of aromatic nitrogens is 3. The molecule has 0 aliphatic carbocycles. The SMILES string of the molecule is CC[C@H](C)[C@H](NC(=O)[C@H](CC(=O)O)NC(=O)[C@H](Cc1cnc[nH]1)NC(=O)[C@H](CC(=O)O)NC(=O)[C@@H](N)Cc1c[nH]c2ccccc12)C(=O)N[C@@H](CC(N)=O)C(=O)N[C@@H](CCCN=C(N)N)C(=O)O. The molecule has 0 saturated heterocycles. The molecule has 0 unspecified atom stereocenters. The van der Waals surface area contributed by atoms with Gasteiger partial charge in [0.05, 0.1) is 31.6 Å². The third-order valence-corrected chi connectivity index (χ3v) is 10.5. The van der Waals surface area contributed by atoms with Crippen molar-refractivity contribution in [1.82, 2.24) is 46.9 Å². The molecule has 3 rings (SSSR count). The zero-order chi connectivity index (χ0) is 50.7. The number of hydrogen-bond donors (Lipinski definition) is 15. The Morgan fingerprint density at radius 3 is 1.79 bits per heavy atom. The number of benzene rings is 1. The Morgan fingerprint density at radius 1 is 0.691 bits per heavy atom. The van der Waals surface area contributed by atoms with Gasteiger partial charge in [-0.25, -0.2) is 9.78 Å². The van der Waals surface area contributed by atoms with Gasteiger partial charge in [-0.1, -0.05) is 38.5 Å². The number of fused-ring (bicyclic) bond motifs is 1. The number of nitrogens with one attached hydrogen (secondary N) is 8. The van der Waals surface area contributed by atoms with Gasteiger partial charge in [0.25, 0.3) is 0 Å². The molecular weight excluding hydrogens is 897 g/mol. The molecule has 0 aliphatic heterocycles. The fraction of sp³-hybridized carbons (Fsp3) is 0.463. The number of H-pyrrole nitrogens is 2. The minimum Gasteiger partial charge on any atom is -0.481 e. The number of aliphatic carboxylic acids is 3. The molecule has 3 aromatic rings. The number of aliphatic imine (C=N–C) groups is 1. The second kappa shape index (κ2) is 26.1. The maximum atomic E-state index is 14.0. The van der Waals surface area contributed by atoms with Crippen LogP contribution >= 0.6 is 0 Å². The molecule has 0 bridgehead atoms. The van der Waals surface area contributed by atoms with Gasteiger partial charge in [0.15, 0.2) is 5.96 Å². The zero-order valence-electron chi connectivity index (χ0n) is 37.2. The number of nitrogens with zero attached hydrogens (tertiary/aromatic N) is 2. The van der Waals surface area contributed by atoms with E-state index in [0.717, 1.165) is 10.9 Å². The van der Waals surface area contributed by atoms with Crippen molar-refractivity contribution < 1.29 is 63.3 Å². The van der Waals surface area contributed by atoms with E-state index in [1.807, 2.05) is 6.07 Å². The van der Waals surface area contributed by atoms with Crippen molar-refractivity contribution in [3.63, 3.8) is 0 Å². The summed E-state index contributed by atoms with van der Waals surface area (Å²) in [6.07, 6.45) is 1.10. The molecule has 0 saturated carbocycles. The first-order valence-electron chi connectivity index (χ1n) is 21.2. The Balaban J connectivity index is 1.82. The number of nitrogens with two attached hydrogens (primary N) is 4. The van der Waals surface area contributed by atoms with Gasteiger partial charge in [0.2, 0.25) is 41.4 Å². The Labute approximate surface area is 387 Å². The largest absolute Gasteiger partial charge is 0.481 e. The van der Waals surface area contributed by atoms with Crippen LogP contribution in [0.3, 0.4) is 0 Å². The molecule has 68 heavy (non-hydrogen) atoms. The molecule has 2 aromatic heterocycles. The van der Waals surface area contributed by atoms with Crippen LogP contribution in [0.5, 0.6) is 0 Å². The third-order valence-electron chi connectivity index (χ3n) is 10.5. The van der Waals surface area contributed by atoms with Crippen molar-refractivity contribution in [2.75, 3.05) is 6.54 Å². The quantitative estimate of drug-likeness (QED) is 0.0179. The molecule has 0 radical (unpaired) electrons. The Kier molecular flexibility index (Phi) is 20.9. The summed E-state index contributed by atoms with van der Waals surface area (Å²) >= 11 is 0. The second-order valence-electron chi connectivity index (χ2n) is 15.8. The van der Waals surface area contributed by atoms with Crippen molar-refractivity contribution in [2.45, 2.75) is 108 Å². The minimum absolute atomic E-state index is 0.00512. The Morgan fingerprint density at radius 2 is 1.24 bits per heavy atom. The van der Waals surface area contributed by atoms with Gasteiger partial charge in [0.1, 0.15) is 36.3 Å². The van der Waals surface area contributed by atoms with E-state index in [9.17, 15) is 63.3 Å². The molecule has 7 amide bonds. The third kappa shape index (κ3) is 17.4. The highest BCUT2D eigenvalue weighted by atomic mass is 16.4. The summed E-state index contributed by atoms with van der Waals surface area (Å²) in [5.74, 6) is -13.3. The maximum absolute atomic E-state index is 14.0. The van der Waals surface area contributed by atoms with E-state index in [1.54, 1.807) is 31.3 Å². The normalized spacial score (nSPS) is 14.5. The van der Waals surface area contributed by atoms with Crippen LogP contribution < -0.4 is 54.8 Å². The van der Waals surface area contributed by atoms with E-state index in [0.29, 0.717) is 5.56 Å². The van der Waals surface area contributed by atoms with Crippen LogP contribution in [-0.2, 0) is 60.8 Å². The number of aromatic amines is 2. The number of hydrogen-bond acceptors (Lipinski definition) is 13. The van der Waals surface area contributed by atoms with Gasteiger partial charge in [-0.15, -0.1) is 0 Å². The molecule has 370 valence electrons. The topological polar surface area (TPSA) is 464 Å². The molecule has 2 heterocycles. The van der Waals surface area contributed by atoms with Crippen LogP contribution in [0.15, 0.2) is 48.0 Å². The van der Waals surface area contributed by atoms with E-state index in [4.69, 9.17) is 22.9 Å². The van der Waals surface area contributed by atoms with Crippen molar-refractivity contribution >= 4 is 76.1 Å². The van der Waals surface area contributed by atoms with E-state index in [1.165, 1.54) is 19.4 Å². The molecule has 0 spiro atoms. The number of primary amides is 1. The molecule has 27 nitrogen and oxygen atoms in total. The summed E-state index contributed by atoms with van der Waals surface area (Å²) in [5, 5.41) is 43.7. The predicted octanol–water partition coefficient (Wildman–Crippen LogP) is -4.08. The predicted molar refractivity (Wildman–Crippen MR) is 239 cm³/mol. The van der Waals surface area contributed by atoms with Crippen LogP contribution in [0.2, 0.25) is 0 Å². The number of amides is 7. The molecule has 19 N–H and O–H groups in total. The standard InChI is InChI=1S/C41H58N14O13/c1-3-19(2)33(39(66)54-27(13-30(43)56)36(63)50-25(40(67)68)9-6-10-47-41(44)45)55-38(65)29(15-32(59)60)53-35(62)26(12-21-17-46-18-49-21)52-37(64)28(14-31(57)58)51-34(61)23(42)11-20-16-48-24-8-5-4-7-22(20)24/h4-5,7-8,16-19,23,25-29,33,48H,3,6,9-15,42H2,1-2H3,(H2,43,56)(H,46,49)(H,50,63)(H,51,61)(H,52,64)(H,53,62)(H,54,66)(H,55,65)(H,57,58)(H,59,60)(H,67,68)(H4,44,45,47)/t19-,23-,25-,26-,27-,28-,29-,33-/m0/s1. The highest BCUT2D eigenvalue weighted by molar-refractivity contribution is 5.99. The number of rotatable bonds is 29. The van der Waals surface area contributed by atoms with Gasteiger partial charge in [-0.2, -0.15) is 0 Å². The molecule has 27 heteroatoms. The average Bonchev–Trinajstić information content (AvgIpc) is 3.94. The fourth-order valence-corrected chi connectivity index (χ4v) is 6.71. The number of carbonyl (C=O) groups is 10. The Bertz CT molecular complexity index is 2310. The lowest BCUT2D eigenvalue weighted by molar-refractivity contribution is -0.143. The first kappa shape index (κ1) is 54.2. The summed E-state index contributed by atoms with van der Waals surface area (Å²) in [7, 11) is 0. The zero-order valence-corrected chi connectivity index (χ0v) is 37.2. The van der Waals surface area contributed by atoms with Crippen molar-refractivity contribution in [1.29, 1.82) is 0 Å². The van der Waals surface area contributed by atoms with Gasteiger partial charge in [-0.3, -0.25) is 48.1 Å². The molecule has 0 fully saturated rings. The Hall–Kier alpha value is -8.10. The van der Waals surface area contributed by atoms with E-state index in [-0.39, 0.29) is 50.3 Å². The number of carboxylic acid groups (broad SMARTS) is 3. The lowest BCUT2D eigenvalue weighted by Gasteiger charge is -2.29. The number of carboxylic acids is 3. The molecule has 1 aromatic carbocycles. The summed E-state index contributed by atoms with van der Waals surface area (Å²) in [5.41, 5.74) is 23.8. The number of para-hydroxylation sites is 1. The van der Waals surface area contributed by atoms with Gasteiger partial charge < -0.3 is 80.1 Å². The summed E-state index contributed by atoms with van der Waals surface area (Å²) in [6.45, 7) is 3.16. The summed E-state index contributed by atoms with van der Waals surface area (Å²) in [6, 6.07) is -4.30. The lowest BCUT2D eigenvalue weighted by atomic mass is 9.97. The summed E-state index contributed by atoms with van der Waals surface area (Å²) < 4.78 is 0. The number of guanidine groups is 1. The van der Waals surface area contributed by atoms with E-state index >= 15 is 0 Å². The molecule has 0 aliphatic rings. The van der Waals surface area contributed by atoms with Crippen LogP contribution in [0.4, 0.5) is 0 Å². The van der Waals surface area contributed by atoms with Gasteiger partial charge in [-0.05, 0) is 36.8 Å². The van der Waals surface area contributed by atoms with Crippen LogP contribution in [-0.4, -0.2) is 144 Å². The summed E-state index contributed by atoms with van der Waals surface area (Å²) in [4.78, 5) is 143. The van der Waals surface area contributed by atoms with E-state index < -0.39 is 127 Å². The fourth-order valence-electron chi connectivity index (χ4n) is 6.71. The van der Waals surface area contributed by atoms with Crippen molar-refractivity contribution in [3.8, 4) is 0 Å².